The standard InChI is InChI=1S/C21H22N4O/c1-3-17-11-7-8-12-19(17)24-20(26)18-13-22-21(23-14-18)25(2)15-16-9-5-4-6-10-16/h4-14H,3,15H2,1-2H3,(H,24,26). The average Bonchev–Trinajstić information content (AvgIpc) is 2.69. The predicted octanol–water partition coefficient (Wildman–Crippen LogP) is 3.93. The van der Waals surface area contributed by atoms with E-state index in [-0.39, 0.29) is 5.91 Å². The molecule has 0 aliphatic rings. The molecule has 2 aromatic carbocycles. The van der Waals surface area contributed by atoms with Crippen molar-refractivity contribution in [2.24, 2.45) is 0 Å². The SMILES string of the molecule is CCc1ccccc1NC(=O)c1cnc(N(C)Cc2ccccc2)nc1. The highest BCUT2D eigenvalue weighted by molar-refractivity contribution is 6.04. The molecule has 0 unspecified atom stereocenters. The highest BCUT2D eigenvalue weighted by Gasteiger charge is 2.11. The van der Waals surface area contributed by atoms with Gasteiger partial charge in [-0.05, 0) is 23.6 Å². The lowest BCUT2D eigenvalue weighted by molar-refractivity contribution is 0.102. The molecule has 0 aliphatic carbocycles. The number of hydrogen-bond acceptors (Lipinski definition) is 4. The summed E-state index contributed by atoms with van der Waals surface area (Å²) in [6.07, 6.45) is 3.98. The van der Waals surface area contributed by atoms with Crippen molar-refractivity contribution in [3.8, 4) is 0 Å². The normalized spacial score (nSPS) is 10.4. The smallest absolute Gasteiger partial charge is 0.258 e. The number of rotatable bonds is 6. The molecular weight excluding hydrogens is 324 g/mol. The monoisotopic (exact) mass is 346 g/mol. The molecule has 3 aromatic rings. The molecule has 3 rings (SSSR count). The fourth-order valence-electron chi connectivity index (χ4n) is 2.71. The molecule has 1 aromatic heterocycles. The van der Waals surface area contributed by atoms with Crippen LogP contribution in [-0.4, -0.2) is 22.9 Å². The molecule has 5 heteroatoms. The zero-order valence-electron chi connectivity index (χ0n) is 15.0. The van der Waals surface area contributed by atoms with Crippen molar-refractivity contribution in [3.63, 3.8) is 0 Å². The summed E-state index contributed by atoms with van der Waals surface area (Å²) >= 11 is 0. The summed E-state index contributed by atoms with van der Waals surface area (Å²) in [5.41, 5.74) is 3.54. The van der Waals surface area contributed by atoms with Gasteiger partial charge in [-0.3, -0.25) is 4.79 Å². The zero-order valence-corrected chi connectivity index (χ0v) is 15.0. The number of nitrogens with one attached hydrogen (secondary N) is 1. The molecule has 0 atom stereocenters. The van der Waals surface area contributed by atoms with Crippen LogP contribution in [0.4, 0.5) is 11.6 Å². The number of para-hydroxylation sites is 1. The van der Waals surface area contributed by atoms with Gasteiger partial charge in [-0.25, -0.2) is 9.97 Å². The summed E-state index contributed by atoms with van der Waals surface area (Å²) in [7, 11) is 1.93. The minimum absolute atomic E-state index is 0.205. The van der Waals surface area contributed by atoms with Crippen LogP contribution in [0.25, 0.3) is 0 Å². The Morgan fingerprint density at radius 3 is 2.35 bits per heavy atom. The Morgan fingerprint density at radius 1 is 1.00 bits per heavy atom. The lowest BCUT2D eigenvalue weighted by atomic mass is 10.1. The van der Waals surface area contributed by atoms with Gasteiger partial charge in [0.05, 0.1) is 5.56 Å². The van der Waals surface area contributed by atoms with Crippen LogP contribution >= 0.6 is 0 Å². The first kappa shape index (κ1) is 17.6. The van der Waals surface area contributed by atoms with Gasteiger partial charge in [0.15, 0.2) is 0 Å². The van der Waals surface area contributed by atoms with E-state index in [0.29, 0.717) is 18.1 Å². The van der Waals surface area contributed by atoms with E-state index < -0.39 is 0 Å². The van der Waals surface area contributed by atoms with E-state index in [0.717, 1.165) is 17.7 Å². The van der Waals surface area contributed by atoms with Crippen molar-refractivity contribution in [1.29, 1.82) is 0 Å². The van der Waals surface area contributed by atoms with Crippen molar-refractivity contribution in [2.75, 3.05) is 17.3 Å². The van der Waals surface area contributed by atoms with Crippen molar-refractivity contribution in [3.05, 3.63) is 83.7 Å². The maximum absolute atomic E-state index is 12.4. The highest BCUT2D eigenvalue weighted by Crippen LogP contribution is 2.17. The maximum atomic E-state index is 12.4. The third-order valence-electron chi connectivity index (χ3n) is 4.15. The van der Waals surface area contributed by atoms with Gasteiger partial charge in [0.2, 0.25) is 5.95 Å². The molecule has 1 amide bonds. The number of hydrogen-bond donors (Lipinski definition) is 1. The number of aromatic nitrogens is 2. The molecule has 1 heterocycles. The van der Waals surface area contributed by atoms with E-state index in [4.69, 9.17) is 0 Å². The second-order valence-electron chi connectivity index (χ2n) is 6.08. The van der Waals surface area contributed by atoms with Crippen molar-refractivity contribution < 1.29 is 4.79 Å². The van der Waals surface area contributed by atoms with Crippen LogP contribution in [0, 0.1) is 0 Å². The first-order chi connectivity index (χ1) is 12.7. The molecular formula is C21H22N4O. The molecule has 132 valence electrons. The minimum Gasteiger partial charge on any atom is -0.340 e. The van der Waals surface area contributed by atoms with Crippen LogP contribution in [0.15, 0.2) is 67.0 Å². The first-order valence-corrected chi connectivity index (χ1v) is 8.63. The molecule has 0 radical (unpaired) electrons. The van der Waals surface area contributed by atoms with Gasteiger partial charge in [-0.1, -0.05) is 55.5 Å². The van der Waals surface area contributed by atoms with Crippen molar-refractivity contribution >= 4 is 17.5 Å². The Kier molecular flexibility index (Phi) is 5.59. The third-order valence-corrected chi connectivity index (χ3v) is 4.15. The van der Waals surface area contributed by atoms with Gasteiger partial charge in [0.1, 0.15) is 0 Å². The van der Waals surface area contributed by atoms with Crippen LogP contribution in [0.2, 0.25) is 0 Å². The van der Waals surface area contributed by atoms with E-state index in [1.54, 1.807) is 12.4 Å². The number of benzene rings is 2. The Morgan fingerprint density at radius 2 is 1.65 bits per heavy atom. The Balaban J connectivity index is 1.68. The second-order valence-corrected chi connectivity index (χ2v) is 6.08. The quantitative estimate of drug-likeness (QED) is 0.735. The van der Waals surface area contributed by atoms with Gasteiger partial charge < -0.3 is 10.2 Å². The number of amides is 1. The predicted molar refractivity (Wildman–Crippen MR) is 104 cm³/mol. The average molecular weight is 346 g/mol. The van der Waals surface area contributed by atoms with Gasteiger partial charge >= 0.3 is 0 Å². The molecule has 0 bridgehead atoms. The van der Waals surface area contributed by atoms with Crippen LogP contribution in [0.1, 0.15) is 28.4 Å². The summed E-state index contributed by atoms with van der Waals surface area (Å²) in [5.74, 6) is 0.377. The van der Waals surface area contributed by atoms with Crippen LogP contribution in [0.5, 0.6) is 0 Å². The number of aryl methyl sites for hydroxylation is 1. The van der Waals surface area contributed by atoms with Gasteiger partial charge in [-0.2, -0.15) is 0 Å². The van der Waals surface area contributed by atoms with E-state index in [9.17, 15) is 4.79 Å². The van der Waals surface area contributed by atoms with Crippen LogP contribution < -0.4 is 10.2 Å². The lowest BCUT2D eigenvalue weighted by Crippen LogP contribution is -2.20. The molecule has 0 aliphatic heterocycles. The summed E-state index contributed by atoms with van der Waals surface area (Å²) in [5, 5.41) is 2.93. The van der Waals surface area contributed by atoms with Gasteiger partial charge in [-0.15, -0.1) is 0 Å². The molecule has 0 saturated carbocycles. The molecule has 5 nitrogen and oxygen atoms in total. The van der Waals surface area contributed by atoms with Crippen LogP contribution in [-0.2, 0) is 13.0 Å². The summed E-state index contributed by atoms with van der Waals surface area (Å²) in [4.78, 5) is 23.1. The van der Waals surface area contributed by atoms with Crippen molar-refractivity contribution in [1.82, 2.24) is 9.97 Å². The topological polar surface area (TPSA) is 58.1 Å². The summed E-state index contributed by atoms with van der Waals surface area (Å²) < 4.78 is 0. The number of carbonyl (C=O) groups excluding carboxylic acids is 1. The van der Waals surface area contributed by atoms with Gasteiger partial charge in [0.25, 0.3) is 5.91 Å². The molecule has 0 spiro atoms. The Labute approximate surface area is 153 Å². The lowest BCUT2D eigenvalue weighted by Gasteiger charge is -2.17. The fraction of sp³-hybridized carbons (Fsp3) is 0.190. The second kappa shape index (κ2) is 8.25. The molecule has 26 heavy (non-hydrogen) atoms. The molecule has 1 N–H and O–H groups in total. The minimum atomic E-state index is -0.205. The van der Waals surface area contributed by atoms with E-state index in [1.165, 1.54) is 5.56 Å². The Hall–Kier alpha value is -3.21. The van der Waals surface area contributed by atoms with Crippen LogP contribution in [0.3, 0.4) is 0 Å². The summed E-state index contributed by atoms with van der Waals surface area (Å²) in [6.45, 7) is 2.77. The van der Waals surface area contributed by atoms with E-state index in [2.05, 4.69) is 34.3 Å². The van der Waals surface area contributed by atoms with Crippen molar-refractivity contribution in [2.45, 2.75) is 19.9 Å². The largest absolute Gasteiger partial charge is 0.340 e. The van der Waals surface area contributed by atoms with Gasteiger partial charge in [0, 0.05) is 31.7 Å². The Bertz CT molecular complexity index is 863. The number of nitrogens with zero attached hydrogens (tertiary/aromatic N) is 3. The fourth-order valence-corrected chi connectivity index (χ4v) is 2.71. The maximum Gasteiger partial charge on any atom is 0.258 e. The summed E-state index contributed by atoms with van der Waals surface area (Å²) in [6, 6.07) is 17.9. The third kappa shape index (κ3) is 4.25. The van der Waals surface area contributed by atoms with E-state index in [1.807, 2.05) is 54.4 Å². The zero-order chi connectivity index (χ0) is 18.4. The highest BCUT2D eigenvalue weighted by atomic mass is 16.1. The number of anilines is 2. The van der Waals surface area contributed by atoms with E-state index >= 15 is 0 Å². The molecule has 0 saturated heterocycles. The molecule has 0 fully saturated rings. The first-order valence-electron chi connectivity index (χ1n) is 8.63. The number of carbonyl (C=O) groups is 1.